The number of carbonyl (C=O) groups is 2. The van der Waals surface area contributed by atoms with Crippen LogP contribution < -0.4 is 10.1 Å². The number of sulfone groups is 1. The number of hydrogen-bond donors (Lipinski definition) is 1. The molecule has 0 atom stereocenters. The lowest BCUT2D eigenvalue weighted by Gasteiger charge is -2.11. The summed E-state index contributed by atoms with van der Waals surface area (Å²) in [6, 6.07) is 19.1. The first-order valence-corrected chi connectivity index (χ1v) is 11.4. The Morgan fingerprint density at radius 3 is 2.42 bits per heavy atom. The average Bonchev–Trinajstić information content (AvgIpc) is 2.77. The summed E-state index contributed by atoms with van der Waals surface area (Å²) in [4.78, 5) is 24.2. The van der Waals surface area contributed by atoms with Gasteiger partial charge in [-0.2, -0.15) is 0 Å². The first-order valence-electron chi connectivity index (χ1n) is 9.78. The molecule has 3 rings (SSSR count). The number of anilines is 1. The average molecular weight is 442 g/mol. The van der Waals surface area contributed by atoms with Crippen LogP contribution in [0.2, 0.25) is 0 Å². The summed E-state index contributed by atoms with van der Waals surface area (Å²) in [5, 5.41) is 4.34. The van der Waals surface area contributed by atoms with E-state index < -0.39 is 34.1 Å². The van der Waals surface area contributed by atoms with Crippen LogP contribution in [0.1, 0.15) is 13.3 Å². The number of hydrogen-bond acceptors (Lipinski definition) is 6. The highest BCUT2D eigenvalue weighted by atomic mass is 32.2. The van der Waals surface area contributed by atoms with Crippen molar-refractivity contribution in [1.29, 1.82) is 0 Å². The predicted octanol–water partition coefficient (Wildman–Crippen LogP) is 3.58. The van der Waals surface area contributed by atoms with Crippen molar-refractivity contribution in [3.63, 3.8) is 0 Å². The summed E-state index contributed by atoms with van der Waals surface area (Å²) < 4.78 is 35.5. The van der Waals surface area contributed by atoms with E-state index in [2.05, 4.69) is 5.32 Å². The maximum absolute atomic E-state index is 12.6. The van der Waals surface area contributed by atoms with E-state index in [9.17, 15) is 18.0 Å². The second kappa shape index (κ2) is 10.1. The number of esters is 1. The number of carbonyl (C=O) groups excluding carboxylic acids is 2. The highest BCUT2D eigenvalue weighted by molar-refractivity contribution is 7.91. The number of benzene rings is 3. The van der Waals surface area contributed by atoms with Crippen LogP contribution in [0, 0.1) is 0 Å². The van der Waals surface area contributed by atoms with Gasteiger partial charge in [-0.05, 0) is 42.0 Å². The zero-order chi connectivity index (χ0) is 22.3. The molecule has 0 fully saturated rings. The number of rotatable bonds is 9. The number of para-hydroxylation sites is 2. The molecule has 8 heteroatoms. The summed E-state index contributed by atoms with van der Waals surface area (Å²) in [6.07, 6.45) is -0.349. The molecule has 162 valence electrons. The number of fused-ring (bicyclic) bond motifs is 1. The molecule has 0 bridgehead atoms. The topological polar surface area (TPSA) is 98.8 Å². The molecule has 0 spiro atoms. The summed E-state index contributed by atoms with van der Waals surface area (Å²) in [5.41, 5.74) is 0.462. The Bertz CT molecular complexity index is 1190. The first-order chi connectivity index (χ1) is 14.9. The minimum absolute atomic E-state index is 0.143. The number of ether oxygens (including phenoxy) is 2. The Balaban J connectivity index is 1.52. The van der Waals surface area contributed by atoms with Crippen molar-refractivity contribution in [2.75, 3.05) is 24.3 Å². The van der Waals surface area contributed by atoms with E-state index in [-0.39, 0.29) is 11.3 Å². The van der Waals surface area contributed by atoms with Gasteiger partial charge in [-0.1, -0.05) is 42.5 Å². The minimum Gasteiger partial charge on any atom is -0.492 e. The van der Waals surface area contributed by atoms with Gasteiger partial charge >= 0.3 is 5.97 Å². The van der Waals surface area contributed by atoms with Crippen molar-refractivity contribution in [1.82, 2.24) is 0 Å². The van der Waals surface area contributed by atoms with Gasteiger partial charge in [-0.25, -0.2) is 8.42 Å². The lowest BCUT2D eigenvalue weighted by atomic mass is 10.1. The van der Waals surface area contributed by atoms with Gasteiger partial charge in [0.25, 0.3) is 5.91 Å². The summed E-state index contributed by atoms with van der Waals surface area (Å²) >= 11 is 0. The zero-order valence-corrected chi connectivity index (χ0v) is 17.9. The Hall–Kier alpha value is -3.39. The van der Waals surface area contributed by atoms with Crippen molar-refractivity contribution in [3.8, 4) is 5.75 Å². The van der Waals surface area contributed by atoms with Gasteiger partial charge in [-0.15, -0.1) is 0 Å². The molecule has 3 aromatic carbocycles. The molecule has 0 aliphatic heterocycles. The van der Waals surface area contributed by atoms with Crippen LogP contribution in [0.25, 0.3) is 10.8 Å². The molecule has 31 heavy (non-hydrogen) atoms. The molecule has 0 unspecified atom stereocenters. The Morgan fingerprint density at radius 2 is 1.65 bits per heavy atom. The van der Waals surface area contributed by atoms with Crippen molar-refractivity contribution >= 4 is 38.2 Å². The second-order valence-electron chi connectivity index (χ2n) is 6.72. The maximum atomic E-state index is 12.6. The number of amides is 1. The van der Waals surface area contributed by atoms with Crippen LogP contribution in [0.15, 0.2) is 71.6 Å². The molecule has 0 aromatic heterocycles. The lowest BCUT2D eigenvalue weighted by molar-refractivity contribution is -0.146. The van der Waals surface area contributed by atoms with Gasteiger partial charge < -0.3 is 14.8 Å². The Morgan fingerprint density at radius 1 is 0.935 bits per heavy atom. The molecular weight excluding hydrogens is 418 g/mol. The van der Waals surface area contributed by atoms with Crippen molar-refractivity contribution in [2.24, 2.45) is 0 Å². The van der Waals surface area contributed by atoms with Crippen LogP contribution in [0.3, 0.4) is 0 Å². The third-order valence-electron chi connectivity index (χ3n) is 4.48. The first kappa shape index (κ1) is 22.3. The smallest absolute Gasteiger partial charge is 0.307 e. The van der Waals surface area contributed by atoms with Gasteiger partial charge in [0.1, 0.15) is 5.75 Å². The fraction of sp³-hybridized carbons (Fsp3) is 0.217. The normalized spacial score (nSPS) is 11.1. The number of nitrogens with one attached hydrogen (secondary N) is 1. The zero-order valence-electron chi connectivity index (χ0n) is 17.0. The molecular formula is C23H23NO6S. The summed E-state index contributed by atoms with van der Waals surface area (Å²) in [6.45, 7) is 1.75. The second-order valence-corrected chi connectivity index (χ2v) is 8.83. The third kappa shape index (κ3) is 6.05. The minimum atomic E-state index is -3.66. The lowest BCUT2D eigenvalue weighted by Crippen LogP contribution is -2.22. The van der Waals surface area contributed by atoms with E-state index in [1.165, 1.54) is 6.07 Å². The van der Waals surface area contributed by atoms with E-state index >= 15 is 0 Å². The van der Waals surface area contributed by atoms with Crippen molar-refractivity contribution in [3.05, 3.63) is 66.7 Å². The molecule has 0 radical (unpaired) electrons. The van der Waals surface area contributed by atoms with E-state index in [1.807, 2.05) is 31.2 Å². The molecule has 1 amide bonds. The van der Waals surface area contributed by atoms with Crippen molar-refractivity contribution in [2.45, 2.75) is 18.2 Å². The van der Waals surface area contributed by atoms with Crippen LogP contribution in [-0.4, -0.2) is 39.3 Å². The predicted molar refractivity (Wildman–Crippen MR) is 118 cm³/mol. The Kier molecular flexibility index (Phi) is 7.25. The summed E-state index contributed by atoms with van der Waals surface area (Å²) in [7, 11) is -3.66. The quantitative estimate of drug-likeness (QED) is 0.510. The largest absolute Gasteiger partial charge is 0.492 e. The SMILES string of the molecule is CCOc1ccccc1NC(=O)COC(=O)CCS(=O)(=O)c1ccc2ccccc2c1. The van der Waals surface area contributed by atoms with Gasteiger partial charge in [0.05, 0.1) is 29.4 Å². The fourth-order valence-corrected chi connectivity index (χ4v) is 4.21. The Labute approximate surface area is 180 Å². The van der Waals surface area contributed by atoms with Crippen molar-refractivity contribution < 1.29 is 27.5 Å². The van der Waals surface area contributed by atoms with Gasteiger partial charge in [0.15, 0.2) is 16.4 Å². The maximum Gasteiger partial charge on any atom is 0.307 e. The van der Waals surface area contributed by atoms with Gasteiger partial charge in [0.2, 0.25) is 0 Å². The molecule has 0 aliphatic carbocycles. The highest BCUT2D eigenvalue weighted by Gasteiger charge is 2.18. The van der Waals surface area contributed by atoms with Crippen LogP contribution in [0.4, 0.5) is 5.69 Å². The van der Waals surface area contributed by atoms with E-state index in [0.717, 1.165) is 10.8 Å². The highest BCUT2D eigenvalue weighted by Crippen LogP contribution is 2.23. The van der Waals surface area contributed by atoms with Gasteiger partial charge in [-0.3, -0.25) is 9.59 Å². The van der Waals surface area contributed by atoms with Crippen LogP contribution in [0.5, 0.6) is 5.75 Å². The molecule has 0 saturated heterocycles. The molecule has 0 heterocycles. The molecule has 7 nitrogen and oxygen atoms in total. The van der Waals surface area contributed by atoms with E-state index in [1.54, 1.807) is 36.4 Å². The van der Waals surface area contributed by atoms with Crippen LogP contribution >= 0.6 is 0 Å². The molecule has 3 aromatic rings. The van der Waals surface area contributed by atoms with E-state index in [0.29, 0.717) is 18.0 Å². The summed E-state index contributed by atoms with van der Waals surface area (Å²) in [5.74, 6) is -1.21. The van der Waals surface area contributed by atoms with E-state index in [4.69, 9.17) is 9.47 Å². The monoisotopic (exact) mass is 441 g/mol. The standard InChI is InChI=1S/C23H23NO6S/c1-2-29-21-10-6-5-9-20(21)24-22(25)16-30-23(26)13-14-31(27,28)19-12-11-17-7-3-4-8-18(17)15-19/h3-12,15H,2,13-14,16H2,1H3,(H,24,25). The fourth-order valence-electron chi connectivity index (χ4n) is 2.95. The third-order valence-corrected chi connectivity index (χ3v) is 6.19. The molecule has 0 saturated carbocycles. The molecule has 1 N–H and O–H groups in total. The molecule has 0 aliphatic rings. The van der Waals surface area contributed by atoms with Crippen LogP contribution in [-0.2, 0) is 24.2 Å². The van der Waals surface area contributed by atoms with Gasteiger partial charge in [0, 0.05) is 0 Å².